The van der Waals surface area contributed by atoms with Gasteiger partial charge in [-0.05, 0) is 25.8 Å². The highest BCUT2D eigenvalue weighted by Crippen LogP contribution is 2.20. The maximum absolute atomic E-state index is 12.3. The van der Waals surface area contributed by atoms with E-state index in [9.17, 15) is 9.59 Å². The van der Waals surface area contributed by atoms with Gasteiger partial charge >= 0.3 is 5.97 Å². The van der Waals surface area contributed by atoms with Crippen LogP contribution in [0.15, 0.2) is 6.07 Å². The lowest BCUT2D eigenvalue weighted by atomic mass is 10.2. The molecule has 98 valence electrons. The van der Waals surface area contributed by atoms with E-state index in [1.165, 1.54) is 7.11 Å². The second-order valence-electron chi connectivity index (χ2n) is 4.47. The highest BCUT2D eigenvalue weighted by Gasteiger charge is 2.36. The number of methoxy groups -OCH3 is 1. The van der Waals surface area contributed by atoms with Crippen molar-refractivity contribution < 1.29 is 14.3 Å². The van der Waals surface area contributed by atoms with Gasteiger partial charge in [0.15, 0.2) is 5.69 Å². The molecule has 0 bridgehead atoms. The predicted molar refractivity (Wildman–Crippen MR) is 64.0 cm³/mol. The van der Waals surface area contributed by atoms with Crippen LogP contribution in [-0.2, 0) is 16.6 Å². The molecule has 1 amide bonds. The smallest absolute Gasteiger partial charge is 0.328 e. The van der Waals surface area contributed by atoms with E-state index in [0.717, 1.165) is 12.1 Å². The minimum atomic E-state index is -0.468. The lowest BCUT2D eigenvalue weighted by Crippen LogP contribution is -2.41. The molecular formula is C12H17N3O3. The number of rotatable bonds is 2. The van der Waals surface area contributed by atoms with Crippen LogP contribution in [0.1, 0.15) is 29.0 Å². The zero-order valence-corrected chi connectivity index (χ0v) is 10.8. The van der Waals surface area contributed by atoms with Gasteiger partial charge in [0, 0.05) is 19.3 Å². The maximum atomic E-state index is 12.3. The van der Waals surface area contributed by atoms with Crippen LogP contribution in [0.3, 0.4) is 0 Å². The standard InChI is InChI=1S/C12H17N3O3/c1-8-7-9(13-14(8)2)11(16)15-6-4-5-10(15)12(17)18-3/h7,10H,4-6H2,1-3H3. The van der Waals surface area contributed by atoms with Gasteiger partial charge in [0.25, 0.3) is 5.91 Å². The van der Waals surface area contributed by atoms with E-state index in [4.69, 9.17) is 4.74 Å². The topological polar surface area (TPSA) is 64.4 Å². The molecule has 0 N–H and O–H groups in total. The number of aromatic nitrogens is 2. The van der Waals surface area contributed by atoms with Crippen LogP contribution in [0.25, 0.3) is 0 Å². The molecule has 1 aliphatic heterocycles. The van der Waals surface area contributed by atoms with Gasteiger partial charge in [-0.3, -0.25) is 9.48 Å². The fourth-order valence-electron chi connectivity index (χ4n) is 2.20. The first-order valence-electron chi connectivity index (χ1n) is 5.94. The number of ether oxygens (including phenoxy) is 1. The number of hydrogen-bond donors (Lipinski definition) is 0. The van der Waals surface area contributed by atoms with Crippen LogP contribution in [0.5, 0.6) is 0 Å². The van der Waals surface area contributed by atoms with Gasteiger partial charge in [0.1, 0.15) is 6.04 Å². The second-order valence-corrected chi connectivity index (χ2v) is 4.47. The summed E-state index contributed by atoms with van der Waals surface area (Å²) in [6.45, 7) is 2.46. The number of carbonyl (C=O) groups excluding carboxylic acids is 2. The first-order valence-corrected chi connectivity index (χ1v) is 5.94. The summed E-state index contributed by atoms with van der Waals surface area (Å²) in [5.41, 5.74) is 1.29. The first-order chi connectivity index (χ1) is 8.54. The van der Waals surface area contributed by atoms with Crippen molar-refractivity contribution >= 4 is 11.9 Å². The Morgan fingerprint density at radius 2 is 2.22 bits per heavy atom. The fraction of sp³-hybridized carbons (Fsp3) is 0.583. The molecule has 1 atom stereocenters. The number of aryl methyl sites for hydroxylation is 2. The van der Waals surface area contributed by atoms with Gasteiger partial charge in [-0.1, -0.05) is 0 Å². The molecule has 18 heavy (non-hydrogen) atoms. The highest BCUT2D eigenvalue weighted by molar-refractivity contribution is 5.95. The fourth-order valence-corrected chi connectivity index (χ4v) is 2.20. The number of esters is 1. The monoisotopic (exact) mass is 251 g/mol. The summed E-state index contributed by atoms with van der Waals surface area (Å²) in [6.07, 6.45) is 1.47. The van der Waals surface area contributed by atoms with Crippen LogP contribution in [0, 0.1) is 6.92 Å². The third-order valence-corrected chi connectivity index (χ3v) is 3.32. The molecule has 0 spiro atoms. The maximum Gasteiger partial charge on any atom is 0.328 e. The van der Waals surface area contributed by atoms with Gasteiger partial charge in [-0.25, -0.2) is 4.79 Å². The minimum Gasteiger partial charge on any atom is -0.467 e. The van der Waals surface area contributed by atoms with Crippen molar-refractivity contribution in [2.75, 3.05) is 13.7 Å². The van der Waals surface area contributed by atoms with Gasteiger partial charge in [0.2, 0.25) is 0 Å². The molecule has 1 aliphatic rings. The number of likely N-dealkylation sites (tertiary alicyclic amines) is 1. The normalized spacial score (nSPS) is 19.1. The molecule has 6 heteroatoms. The van der Waals surface area contributed by atoms with E-state index in [2.05, 4.69) is 5.10 Å². The molecule has 0 saturated carbocycles. The van der Waals surface area contributed by atoms with E-state index in [1.54, 1.807) is 22.7 Å². The van der Waals surface area contributed by atoms with Crippen molar-refractivity contribution in [3.63, 3.8) is 0 Å². The molecule has 1 aromatic rings. The minimum absolute atomic E-state index is 0.202. The molecule has 0 aromatic carbocycles. The summed E-state index contributed by atoms with van der Waals surface area (Å²) in [6, 6.07) is 1.26. The van der Waals surface area contributed by atoms with Crippen LogP contribution >= 0.6 is 0 Å². The van der Waals surface area contributed by atoms with E-state index >= 15 is 0 Å². The molecule has 1 unspecified atom stereocenters. The number of nitrogens with zero attached hydrogens (tertiary/aromatic N) is 3. The molecule has 1 saturated heterocycles. The summed E-state index contributed by atoms with van der Waals surface area (Å²) in [7, 11) is 3.13. The Hall–Kier alpha value is -1.85. The average molecular weight is 251 g/mol. The van der Waals surface area contributed by atoms with Gasteiger partial charge in [-0.2, -0.15) is 5.10 Å². The Labute approximate surface area is 106 Å². The SMILES string of the molecule is COC(=O)C1CCCN1C(=O)c1cc(C)n(C)n1. The Balaban J connectivity index is 2.20. The lowest BCUT2D eigenvalue weighted by Gasteiger charge is -2.21. The van der Waals surface area contributed by atoms with Crippen LogP contribution in [-0.4, -0.2) is 46.3 Å². The first kappa shape index (κ1) is 12.6. The summed E-state index contributed by atoms with van der Waals surface area (Å²) < 4.78 is 6.37. The largest absolute Gasteiger partial charge is 0.467 e. The van der Waals surface area contributed by atoms with E-state index < -0.39 is 6.04 Å². The number of hydrogen-bond acceptors (Lipinski definition) is 4. The Bertz CT molecular complexity index is 461. The Kier molecular flexibility index (Phi) is 3.36. The third-order valence-electron chi connectivity index (χ3n) is 3.32. The summed E-state index contributed by atoms with van der Waals surface area (Å²) >= 11 is 0. The van der Waals surface area contributed by atoms with Crippen molar-refractivity contribution in [2.45, 2.75) is 25.8 Å². The quantitative estimate of drug-likeness (QED) is 0.718. The number of amides is 1. The number of carbonyl (C=O) groups is 2. The van der Waals surface area contributed by atoms with E-state index in [-0.39, 0.29) is 11.9 Å². The van der Waals surface area contributed by atoms with Crippen LogP contribution < -0.4 is 0 Å². The Morgan fingerprint density at radius 3 is 2.78 bits per heavy atom. The van der Waals surface area contributed by atoms with Crippen LogP contribution in [0.4, 0.5) is 0 Å². The zero-order chi connectivity index (χ0) is 13.3. The van der Waals surface area contributed by atoms with Gasteiger partial charge in [0.05, 0.1) is 7.11 Å². The van der Waals surface area contributed by atoms with Crippen LogP contribution in [0.2, 0.25) is 0 Å². The molecule has 6 nitrogen and oxygen atoms in total. The van der Waals surface area contributed by atoms with Crippen molar-refractivity contribution in [1.82, 2.24) is 14.7 Å². The average Bonchev–Trinajstić information content (AvgIpc) is 2.95. The molecule has 1 aromatic heterocycles. The molecule has 2 heterocycles. The van der Waals surface area contributed by atoms with E-state index in [0.29, 0.717) is 18.7 Å². The third kappa shape index (κ3) is 2.10. The van der Waals surface area contributed by atoms with Crippen molar-refractivity contribution in [3.05, 3.63) is 17.5 Å². The van der Waals surface area contributed by atoms with E-state index in [1.807, 2.05) is 6.92 Å². The Morgan fingerprint density at radius 1 is 1.50 bits per heavy atom. The molecule has 0 aliphatic carbocycles. The highest BCUT2D eigenvalue weighted by atomic mass is 16.5. The molecular weight excluding hydrogens is 234 g/mol. The van der Waals surface area contributed by atoms with Crippen molar-refractivity contribution in [1.29, 1.82) is 0 Å². The summed E-state index contributed by atoms with van der Waals surface area (Å²) in [4.78, 5) is 25.4. The zero-order valence-electron chi connectivity index (χ0n) is 10.8. The van der Waals surface area contributed by atoms with Gasteiger partial charge < -0.3 is 9.64 Å². The van der Waals surface area contributed by atoms with Crippen molar-refractivity contribution in [2.24, 2.45) is 7.05 Å². The molecule has 1 fully saturated rings. The predicted octanol–water partition coefficient (Wildman–Crippen LogP) is 0.506. The van der Waals surface area contributed by atoms with Gasteiger partial charge in [-0.15, -0.1) is 0 Å². The second kappa shape index (κ2) is 4.80. The summed E-state index contributed by atoms with van der Waals surface area (Å²) in [5.74, 6) is -0.555. The van der Waals surface area contributed by atoms with Crippen molar-refractivity contribution in [3.8, 4) is 0 Å². The summed E-state index contributed by atoms with van der Waals surface area (Å²) in [5, 5.41) is 4.15. The molecule has 2 rings (SSSR count). The lowest BCUT2D eigenvalue weighted by molar-refractivity contribution is -0.145. The molecule has 0 radical (unpaired) electrons.